The zero-order valence-corrected chi connectivity index (χ0v) is 10.7. The maximum absolute atomic E-state index is 12.6. The molecule has 1 atom stereocenters. The maximum Gasteiger partial charge on any atom is 0.187 e. The van der Waals surface area contributed by atoms with Crippen molar-refractivity contribution in [1.82, 2.24) is 5.32 Å². The Morgan fingerprint density at radius 3 is 1.94 bits per heavy atom. The Morgan fingerprint density at radius 2 is 1.44 bits per heavy atom. The highest BCUT2D eigenvalue weighted by molar-refractivity contribution is 6.03. The number of hydrogen-bond donors (Lipinski definition) is 1. The lowest BCUT2D eigenvalue weighted by molar-refractivity contribution is 0.0872. The van der Waals surface area contributed by atoms with Gasteiger partial charge >= 0.3 is 0 Å². The van der Waals surface area contributed by atoms with E-state index in [4.69, 9.17) is 0 Å². The van der Waals surface area contributed by atoms with Crippen molar-refractivity contribution < 1.29 is 4.79 Å². The lowest BCUT2D eigenvalue weighted by atomic mass is 9.84. The second-order valence-corrected chi connectivity index (χ2v) is 4.44. The van der Waals surface area contributed by atoms with E-state index in [0.717, 1.165) is 11.1 Å². The molecular weight excluding hydrogens is 222 g/mol. The molecule has 1 N–H and O–H groups in total. The lowest BCUT2D eigenvalue weighted by Gasteiger charge is -2.28. The van der Waals surface area contributed by atoms with Gasteiger partial charge in [-0.15, -0.1) is 0 Å². The molecule has 0 aromatic heterocycles. The molecule has 2 nitrogen and oxygen atoms in total. The van der Waals surface area contributed by atoms with Gasteiger partial charge in [0.2, 0.25) is 0 Å². The van der Waals surface area contributed by atoms with Crippen molar-refractivity contribution in [2.45, 2.75) is 12.5 Å². The second-order valence-electron chi connectivity index (χ2n) is 4.44. The first-order chi connectivity index (χ1) is 8.68. The van der Waals surface area contributed by atoms with Gasteiger partial charge in [-0.2, -0.15) is 0 Å². The van der Waals surface area contributed by atoms with E-state index >= 15 is 0 Å². The molecule has 2 aromatic carbocycles. The smallest absolute Gasteiger partial charge is 0.187 e. The monoisotopic (exact) mass is 239 g/mol. The molecule has 0 spiro atoms. The summed E-state index contributed by atoms with van der Waals surface area (Å²) in [6, 6.07) is 19.2. The first kappa shape index (κ1) is 12.5. The topological polar surface area (TPSA) is 29.1 Å². The van der Waals surface area contributed by atoms with E-state index in [1.807, 2.05) is 74.6 Å². The van der Waals surface area contributed by atoms with Gasteiger partial charge in [-0.3, -0.25) is 4.79 Å². The molecule has 1 unspecified atom stereocenters. The van der Waals surface area contributed by atoms with E-state index in [-0.39, 0.29) is 5.78 Å². The van der Waals surface area contributed by atoms with Gasteiger partial charge in [-0.1, -0.05) is 60.7 Å². The summed E-state index contributed by atoms with van der Waals surface area (Å²) >= 11 is 0. The van der Waals surface area contributed by atoms with Gasteiger partial charge in [0.1, 0.15) is 5.54 Å². The number of hydrogen-bond acceptors (Lipinski definition) is 2. The lowest BCUT2D eigenvalue weighted by Crippen LogP contribution is -2.44. The van der Waals surface area contributed by atoms with Gasteiger partial charge in [-0.25, -0.2) is 0 Å². The van der Waals surface area contributed by atoms with Crippen LogP contribution in [0.5, 0.6) is 0 Å². The normalized spacial score (nSPS) is 13.9. The van der Waals surface area contributed by atoms with E-state index < -0.39 is 5.54 Å². The number of carbonyl (C=O) groups is 1. The van der Waals surface area contributed by atoms with Crippen LogP contribution in [0, 0.1) is 0 Å². The first-order valence-corrected chi connectivity index (χ1v) is 6.03. The van der Waals surface area contributed by atoms with Crippen LogP contribution in [0.4, 0.5) is 0 Å². The van der Waals surface area contributed by atoms with Crippen molar-refractivity contribution in [2.75, 3.05) is 7.05 Å². The fourth-order valence-corrected chi connectivity index (χ4v) is 2.04. The second kappa shape index (κ2) is 5.15. The molecular formula is C16H17NO. The van der Waals surface area contributed by atoms with Crippen molar-refractivity contribution in [3.8, 4) is 0 Å². The van der Waals surface area contributed by atoms with Crippen LogP contribution in [-0.4, -0.2) is 12.8 Å². The minimum absolute atomic E-state index is 0.0804. The number of rotatable bonds is 4. The molecule has 0 aliphatic heterocycles. The SMILES string of the molecule is CNC(C)(C(=O)c1ccccc1)c1ccccc1. The summed E-state index contributed by atoms with van der Waals surface area (Å²) in [4.78, 5) is 12.6. The molecule has 2 heteroatoms. The zero-order valence-electron chi connectivity index (χ0n) is 10.7. The highest BCUT2D eigenvalue weighted by Crippen LogP contribution is 2.24. The Balaban J connectivity index is 2.43. The highest BCUT2D eigenvalue weighted by Gasteiger charge is 2.33. The summed E-state index contributed by atoms with van der Waals surface area (Å²) in [7, 11) is 1.81. The minimum atomic E-state index is -0.692. The number of ketones is 1. The molecule has 2 rings (SSSR count). The maximum atomic E-state index is 12.6. The summed E-state index contributed by atoms with van der Waals surface area (Å²) in [5.41, 5.74) is 1.00. The van der Waals surface area contributed by atoms with Gasteiger partial charge in [0, 0.05) is 5.56 Å². The van der Waals surface area contributed by atoms with E-state index in [2.05, 4.69) is 5.32 Å². The molecule has 0 aliphatic carbocycles. The van der Waals surface area contributed by atoms with E-state index in [1.54, 1.807) is 0 Å². The van der Waals surface area contributed by atoms with Crippen LogP contribution < -0.4 is 5.32 Å². The summed E-state index contributed by atoms with van der Waals surface area (Å²) < 4.78 is 0. The van der Waals surface area contributed by atoms with Crippen LogP contribution in [0.15, 0.2) is 60.7 Å². The fraction of sp³-hybridized carbons (Fsp3) is 0.188. The number of likely N-dealkylation sites (N-methyl/N-ethyl adjacent to an activating group) is 1. The summed E-state index contributed by atoms with van der Waals surface area (Å²) in [6.45, 7) is 1.91. The Labute approximate surface area is 108 Å². The number of benzene rings is 2. The van der Waals surface area contributed by atoms with Gasteiger partial charge in [-0.05, 0) is 19.5 Å². The van der Waals surface area contributed by atoms with E-state index in [1.165, 1.54) is 0 Å². The summed E-state index contributed by atoms with van der Waals surface area (Å²) in [6.07, 6.45) is 0. The number of nitrogens with one attached hydrogen (secondary N) is 1. The predicted molar refractivity (Wildman–Crippen MR) is 73.6 cm³/mol. The van der Waals surface area contributed by atoms with Crippen LogP contribution in [0.25, 0.3) is 0 Å². The standard InChI is InChI=1S/C16H17NO/c1-16(17-2,14-11-7-4-8-12-14)15(18)13-9-5-3-6-10-13/h3-12,17H,1-2H3. The third-order valence-corrected chi connectivity index (χ3v) is 3.34. The van der Waals surface area contributed by atoms with E-state index in [0.29, 0.717) is 0 Å². The molecule has 0 radical (unpaired) electrons. The van der Waals surface area contributed by atoms with Gasteiger partial charge < -0.3 is 5.32 Å². The van der Waals surface area contributed by atoms with Gasteiger partial charge in [0.05, 0.1) is 0 Å². The van der Waals surface area contributed by atoms with Crippen LogP contribution in [0.1, 0.15) is 22.8 Å². The van der Waals surface area contributed by atoms with Crippen molar-refractivity contribution >= 4 is 5.78 Å². The Kier molecular flexibility index (Phi) is 3.58. The van der Waals surface area contributed by atoms with Crippen LogP contribution in [0.3, 0.4) is 0 Å². The number of Topliss-reactive ketones (excluding diaryl/α,β-unsaturated/α-hetero) is 1. The molecule has 0 saturated heterocycles. The fourth-order valence-electron chi connectivity index (χ4n) is 2.04. The average molecular weight is 239 g/mol. The van der Waals surface area contributed by atoms with Crippen molar-refractivity contribution in [3.63, 3.8) is 0 Å². The molecule has 0 bridgehead atoms. The molecule has 18 heavy (non-hydrogen) atoms. The molecule has 92 valence electrons. The Morgan fingerprint density at radius 1 is 0.944 bits per heavy atom. The van der Waals surface area contributed by atoms with Crippen molar-refractivity contribution in [2.24, 2.45) is 0 Å². The zero-order chi connectivity index (χ0) is 13.0. The minimum Gasteiger partial charge on any atom is -0.304 e. The van der Waals surface area contributed by atoms with Gasteiger partial charge in [0.15, 0.2) is 5.78 Å². The summed E-state index contributed by atoms with van der Waals surface area (Å²) in [5, 5.41) is 3.14. The largest absolute Gasteiger partial charge is 0.304 e. The van der Waals surface area contributed by atoms with Crippen LogP contribution >= 0.6 is 0 Å². The molecule has 0 amide bonds. The predicted octanol–water partition coefficient (Wildman–Crippen LogP) is 3.00. The van der Waals surface area contributed by atoms with Crippen LogP contribution in [0.2, 0.25) is 0 Å². The van der Waals surface area contributed by atoms with Gasteiger partial charge in [0.25, 0.3) is 0 Å². The summed E-state index contributed by atoms with van der Waals surface area (Å²) in [5.74, 6) is 0.0804. The highest BCUT2D eigenvalue weighted by atomic mass is 16.1. The molecule has 0 fully saturated rings. The quantitative estimate of drug-likeness (QED) is 0.831. The first-order valence-electron chi connectivity index (χ1n) is 6.03. The van der Waals surface area contributed by atoms with Crippen molar-refractivity contribution in [3.05, 3.63) is 71.8 Å². The van der Waals surface area contributed by atoms with E-state index in [9.17, 15) is 4.79 Å². The Bertz CT molecular complexity index is 521. The average Bonchev–Trinajstić information content (AvgIpc) is 2.47. The van der Waals surface area contributed by atoms with Crippen molar-refractivity contribution in [1.29, 1.82) is 0 Å². The molecule has 2 aromatic rings. The molecule has 0 aliphatic rings. The van der Waals surface area contributed by atoms with Crippen LogP contribution in [-0.2, 0) is 5.54 Å². The third kappa shape index (κ3) is 2.20. The third-order valence-electron chi connectivity index (χ3n) is 3.34. The Hall–Kier alpha value is -1.93. The number of carbonyl (C=O) groups excluding carboxylic acids is 1. The molecule has 0 heterocycles. The molecule has 0 saturated carbocycles.